The van der Waals surface area contributed by atoms with Gasteiger partial charge >= 0.3 is 0 Å². The number of fused-ring (bicyclic) bond motifs is 2. The summed E-state index contributed by atoms with van der Waals surface area (Å²) in [5.74, 6) is 2.42. The highest BCUT2D eigenvalue weighted by Gasteiger charge is 2.58. The second-order valence-electron chi connectivity index (χ2n) is 7.87. The molecule has 10 nitrogen and oxygen atoms in total. The molecule has 0 N–H and O–H groups in total. The van der Waals surface area contributed by atoms with Gasteiger partial charge in [-0.25, -0.2) is 9.37 Å². The van der Waals surface area contributed by atoms with Crippen molar-refractivity contribution < 1.29 is 8.91 Å². The van der Waals surface area contributed by atoms with E-state index in [1.54, 1.807) is 6.20 Å². The predicted octanol–water partition coefficient (Wildman–Crippen LogP) is 1.01. The summed E-state index contributed by atoms with van der Waals surface area (Å²) in [4.78, 5) is 23.5. The van der Waals surface area contributed by atoms with Gasteiger partial charge in [-0.3, -0.25) is 9.36 Å². The van der Waals surface area contributed by atoms with E-state index in [0.717, 1.165) is 18.7 Å². The van der Waals surface area contributed by atoms with Crippen molar-refractivity contribution in [1.29, 1.82) is 0 Å². The van der Waals surface area contributed by atoms with Gasteiger partial charge in [0.25, 0.3) is 5.56 Å². The standard InChI is InChI=1S/C19H17FN8O2/c1-10-5-22-28-17(10)19(29)27(9-23-28)8-15-24-18(25-30-15)16-12-6-26(7-13(12)16)14-4-11(20)2-3-21-14/h2-5,9,12-13,16H,6-8H2,1H3/t12-,13?,16?/m0/s1. The van der Waals surface area contributed by atoms with Crippen LogP contribution >= 0.6 is 0 Å². The number of anilines is 1. The highest BCUT2D eigenvalue weighted by molar-refractivity contribution is 5.49. The smallest absolute Gasteiger partial charge is 0.280 e. The Bertz CT molecular complexity index is 1320. The van der Waals surface area contributed by atoms with Crippen LogP contribution in [-0.4, -0.2) is 47.6 Å². The molecule has 5 heterocycles. The van der Waals surface area contributed by atoms with Gasteiger partial charge in [0, 0.05) is 36.8 Å². The van der Waals surface area contributed by atoms with E-state index >= 15 is 0 Å². The first-order chi connectivity index (χ1) is 14.6. The fourth-order valence-corrected chi connectivity index (χ4v) is 4.45. The van der Waals surface area contributed by atoms with Gasteiger partial charge < -0.3 is 9.42 Å². The maximum atomic E-state index is 13.4. The monoisotopic (exact) mass is 408 g/mol. The molecule has 3 atom stereocenters. The molecule has 0 amide bonds. The molecule has 0 spiro atoms. The molecule has 11 heteroatoms. The average Bonchev–Trinajstić information content (AvgIpc) is 3.16. The zero-order valence-corrected chi connectivity index (χ0v) is 16.0. The summed E-state index contributed by atoms with van der Waals surface area (Å²) in [5.41, 5.74) is 0.984. The van der Waals surface area contributed by atoms with Gasteiger partial charge in [-0.05, 0) is 24.8 Å². The van der Waals surface area contributed by atoms with E-state index in [2.05, 4.69) is 30.2 Å². The molecule has 1 saturated heterocycles. The largest absolute Gasteiger partial charge is 0.356 e. The highest BCUT2D eigenvalue weighted by Crippen LogP contribution is 2.57. The molecule has 2 fully saturated rings. The molecule has 0 radical (unpaired) electrons. The molecule has 0 aromatic carbocycles. The minimum absolute atomic E-state index is 0.154. The third-order valence-corrected chi connectivity index (χ3v) is 6.01. The molecule has 2 unspecified atom stereocenters. The first-order valence-electron chi connectivity index (χ1n) is 9.67. The lowest BCUT2D eigenvalue weighted by atomic mass is 10.2. The number of rotatable bonds is 4. The van der Waals surface area contributed by atoms with Crippen LogP contribution in [0.4, 0.5) is 10.2 Å². The fraction of sp³-hybridized carbons (Fsp3) is 0.368. The fourth-order valence-electron chi connectivity index (χ4n) is 4.45. The summed E-state index contributed by atoms with van der Waals surface area (Å²) < 4.78 is 21.6. The average molecular weight is 408 g/mol. The van der Waals surface area contributed by atoms with Crippen LogP contribution in [0.5, 0.6) is 0 Å². The van der Waals surface area contributed by atoms with Gasteiger partial charge in [0.1, 0.15) is 24.5 Å². The Kier molecular flexibility index (Phi) is 3.55. The van der Waals surface area contributed by atoms with Gasteiger partial charge in [0.05, 0.1) is 6.20 Å². The molecule has 4 aromatic heterocycles. The summed E-state index contributed by atoms with van der Waals surface area (Å²) in [6.07, 6.45) is 4.51. The van der Waals surface area contributed by atoms with Crippen LogP contribution in [0.15, 0.2) is 40.2 Å². The predicted molar refractivity (Wildman–Crippen MR) is 102 cm³/mol. The van der Waals surface area contributed by atoms with Crippen LogP contribution in [0.25, 0.3) is 5.52 Å². The topological polar surface area (TPSA) is 107 Å². The maximum absolute atomic E-state index is 13.4. The lowest BCUT2D eigenvalue weighted by molar-refractivity contribution is 0.363. The lowest BCUT2D eigenvalue weighted by Gasteiger charge is -2.20. The normalized spacial score (nSPS) is 22.6. The van der Waals surface area contributed by atoms with Crippen LogP contribution in [0.3, 0.4) is 0 Å². The summed E-state index contributed by atoms with van der Waals surface area (Å²) in [6.45, 7) is 3.54. The molecule has 1 saturated carbocycles. The number of hydrogen-bond acceptors (Lipinski definition) is 8. The van der Waals surface area contributed by atoms with E-state index in [-0.39, 0.29) is 23.8 Å². The molecule has 2 aliphatic rings. The van der Waals surface area contributed by atoms with Crippen molar-refractivity contribution in [2.45, 2.75) is 19.4 Å². The Hall–Kier alpha value is -3.63. The van der Waals surface area contributed by atoms with Crippen molar-refractivity contribution in [3.05, 3.63) is 64.3 Å². The van der Waals surface area contributed by atoms with Crippen LogP contribution in [0.2, 0.25) is 0 Å². The van der Waals surface area contributed by atoms with Crippen LogP contribution < -0.4 is 10.5 Å². The van der Waals surface area contributed by atoms with Crippen LogP contribution in [0.1, 0.15) is 23.2 Å². The number of nitrogens with zero attached hydrogens (tertiary/aromatic N) is 8. The molecule has 152 valence electrons. The van der Waals surface area contributed by atoms with Crippen LogP contribution in [-0.2, 0) is 6.54 Å². The second-order valence-corrected chi connectivity index (χ2v) is 7.87. The molecule has 1 aliphatic carbocycles. The summed E-state index contributed by atoms with van der Waals surface area (Å²) in [7, 11) is 0. The lowest BCUT2D eigenvalue weighted by Crippen LogP contribution is -2.25. The van der Waals surface area contributed by atoms with Gasteiger partial charge in [0.2, 0.25) is 5.89 Å². The molecule has 0 bridgehead atoms. The second kappa shape index (κ2) is 6.18. The zero-order valence-electron chi connectivity index (χ0n) is 16.0. The van der Waals surface area contributed by atoms with E-state index in [4.69, 9.17) is 4.52 Å². The number of aromatic nitrogens is 7. The van der Waals surface area contributed by atoms with Crippen molar-refractivity contribution in [3.8, 4) is 0 Å². The van der Waals surface area contributed by atoms with E-state index < -0.39 is 0 Å². The minimum Gasteiger partial charge on any atom is -0.356 e. The molecule has 6 rings (SSSR count). The Morgan fingerprint density at radius 3 is 2.90 bits per heavy atom. The quantitative estimate of drug-likeness (QED) is 0.493. The molecular weight excluding hydrogens is 391 g/mol. The Morgan fingerprint density at radius 1 is 1.27 bits per heavy atom. The van der Waals surface area contributed by atoms with E-state index in [1.165, 1.54) is 33.9 Å². The van der Waals surface area contributed by atoms with Crippen molar-refractivity contribution in [2.24, 2.45) is 11.8 Å². The summed E-state index contributed by atoms with van der Waals surface area (Å²) >= 11 is 0. The maximum Gasteiger partial charge on any atom is 0.280 e. The van der Waals surface area contributed by atoms with Crippen molar-refractivity contribution in [2.75, 3.05) is 18.0 Å². The Labute approximate surface area is 169 Å². The molecule has 30 heavy (non-hydrogen) atoms. The first-order valence-corrected chi connectivity index (χ1v) is 9.67. The minimum atomic E-state index is -0.283. The number of pyridine rings is 1. The number of halogens is 1. The summed E-state index contributed by atoms with van der Waals surface area (Å²) in [5, 5.41) is 12.3. The van der Waals surface area contributed by atoms with Crippen molar-refractivity contribution in [3.63, 3.8) is 0 Å². The third-order valence-electron chi connectivity index (χ3n) is 6.01. The van der Waals surface area contributed by atoms with Crippen molar-refractivity contribution >= 4 is 11.3 Å². The van der Waals surface area contributed by atoms with Gasteiger partial charge in [-0.15, -0.1) is 9.73 Å². The SMILES string of the molecule is Cc1cnn2ncn(Cc3nc(C4C5CN(c6cc(F)ccn6)C[C@@H]54)no3)c(=O)c12. The van der Waals surface area contributed by atoms with Gasteiger partial charge in [-0.2, -0.15) is 10.1 Å². The Balaban J connectivity index is 1.17. The Morgan fingerprint density at radius 2 is 2.10 bits per heavy atom. The van der Waals surface area contributed by atoms with E-state index in [1.807, 2.05) is 6.92 Å². The molecule has 4 aromatic rings. The van der Waals surface area contributed by atoms with E-state index in [0.29, 0.717) is 34.9 Å². The third kappa shape index (κ3) is 2.61. The number of hydrogen-bond donors (Lipinski definition) is 0. The van der Waals surface area contributed by atoms with E-state index in [9.17, 15) is 9.18 Å². The first kappa shape index (κ1) is 17.2. The van der Waals surface area contributed by atoms with Gasteiger partial charge in [-0.1, -0.05) is 5.16 Å². The molecular formula is C19H17FN8O2. The number of aryl methyl sites for hydroxylation is 1. The van der Waals surface area contributed by atoms with Gasteiger partial charge in [0.15, 0.2) is 11.3 Å². The number of piperidine rings is 1. The van der Waals surface area contributed by atoms with Crippen LogP contribution in [0, 0.1) is 24.6 Å². The zero-order chi connectivity index (χ0) is 20.4. The molecule has 1 aliphatic heterocycles. The van der Waals surface area contributed by atoms with Crippen molar-refractivity contribution in [1.82, 2.24) is 34.5 Å². The summed E-state index contributed by atoms with van der Waals surface area (Å²) in [6, 6.07) is 2.80. The highest BCUT2D eigenvalue weighted by atomic mass is 19.1.